The van der Waals surface area contributed by atoms with Crippen molar-refractivity contribution < 1.29 is 4.79 Å². The monoisotopic (exact) mass is 229 g/mol. The molecular formula is C10H19N3OS. The van der Waals surface area contributed by atoms with E-state index < -0.39 is 0 Å². The van der Waals surface area contributed by atoms with Gasteiger partial charge in [0.05, 0.1) is 6.54 Å². The molecule has 0 aromatic carbocycles. The Morgan fingerprint density at radius 3 is 3.00 bits per heavy atom. The molecule has 1 fully saturated rings. The summed E-state index contributed by atoms with van der Waals surface area (Å²) in [5, 5.41) is 7.11. The van der Waals surface area contributed by atoms with E-state index in [9.17, 15) is 4.79 Å². The van der Waals surface area contributed by atoms with E-state index in [4.69, 9.17) is 0 Å². The molecule has 0 aliphatic carbocycles. The van der Waals surface area contributed by atoms with Gasteiger partial charge in [-0.1, -0.05) is 25.6 Å². The fourth-order valence-electron chi connectivity index (χ4n) is 1.25. The van der Waals surface area contributed by atoms with Gasteiger partial charge in [0.25, 0.3) is 0 Å². The van der Waals surface area contributed by atoms with Crippen molar-refractivity contribution in [1.29, 1.82) is 0 Å². The van der Waals surface area contributed by atoms with Gasteiger partial charge in [-0.25, -0.2) is 0 Å². The van der Waals surface area contributed by atoms with Crippen molar-refractivity contribution >= 4 is 22.8 Å². The lowest BCUT2D eigenvalue weighted by molar-refractivity contribution is -0.118. The van der Waals surface area contributed by atoms with E-state index in [0.29, 0.717) is 25.0 Å². The third-order valence-electron chi connectivity index (χ3n) is 2.25. The Balaban J connectivity index is 2.22. The van der Waals surface area contributed by atoms with Crippen molar-refractivity contribution in [2.24, 2.45) is 10.9 Å². The highest BCUT2D eigenvalue weighted by atomic mass is 32.2. The molecule has 0 bridgehead atoms. The smallest absolute Gasteiger partial charge is 0.216 e. The van der Waals surface area contributed by atoms with E-state index in [1.807, 2.05) is 0 Å². The third-order valence-corrected chi connectivity index (χ3v) is 3.30. The van der Waals surface area contributed by atoms with Crippen molar-refractivity contribution in [1.82, 2.24) is 10.6 Å². The molecule has 1 aliphatic rings. The topological polar surface area (TPSA) is 53.5 Å². The number of carbonyl (C=O) groups excluding carboxylic acids is 1. The van der Waals surface area contributed by atoms with Crippen LogP contribution in [0.1, 0.15) is 20.8 Å². The second-order valence-corrected chi connectivity index (χ2v) is 4.98. The van der Waals surface area contributed by atoms with Crippen LogP contribution in [0.15, 0.2) is 4.99 Å². The Kier molecular flexibility index (Phi) is 4.94. The summed E-state index contributed by atoms with van der Waals surface area (Å²) in [5.41, 5.74) is 0. The molecular weight excluding hydrogens is 210 g/mol. The number of rotatable bonds is 4. The molecule has 0 aromatic heterocycles. The predicted molar refractivity (Wildman–Crippen MR) is 65.2 cm³/mol. The molecule has 4 nitrogen and oxygen atoms in total. The highest BCUT2D eigenvalue weighted by molar-refractivity contribution is 8.14. The van der Waals surface area contributed by atoms with Gasteiger partial charge in [0.2, 0.25) is 5.91 Å². The van der Waals surface area contributed by atoms with Crippen LogP contribution in [0.5, 0.6) is 0 Å². The number of nitrogens with one attached hydrogen (secondary N) is 2. The minimum absolute atomic E-state index is 0.00212. The van der Waals surface area contributed by atoms with Crippen LogP contribution in [0.3, 0.4) is 0 Å². The van der Waals surface area contributed by atoms with Gasteiger partial charge < -0.3 is 10.6 Å². The number of carbonyl (C=O) groups is 1. The van der Waals surface area contributed by atoms with Crippen LogP contribution in [0.4, 0.5) is 0 Å². The van der Waals surface area contributed by atoms with Crippen molar-refractivity contribution in [2.45, 2.75) is 26.8 Å². The molecule has 86 valence electrons. The highest BCUT2D eigenvalue weighted by Gasteiger charge is 2.22. The van der Waals surface area contributed by atoms with E-state index >= 15 is 0 Å². The summed E-state index contributed by atoms with van der Waals surface area (Å²) in [6, 6.07) is 0.537. The minimum Gasteiger partial charge on any atom is -0.361 e. The van der Waals surface area contributed by atoms with Crippen LogP contribution < -0.4 is 10.6 Å². The lowest BCUT2D eigenvalue weighted by atomic mass is 10.1. The Morgan fingerprint density at radius 1 is 1.73 bits per heavy atom. The van der Waals surface area contributed by atoms with E-state index in [2.05, 4.69) is 29.5 Å². The van der Waals surface area contributed by atoms with E-state index in [1.165, 1.54) is 6.92 Å². The summed E-state index contributed by atoms with van der Waals surface area (Å²) in [6.45, 7) is 7.20. The summed E-state index contributed by atoms with van der Waals surface area (Å²) in [6.07, 6.45) is 0. The lowest BCUT2D eigenvalue weighted by Crippen LogP contribution is -2.32. The van der Waals surface area contributed by atoms with Crippen LogP contribution >= 0.6 is 11.8 Å². The maximum atomic E-state index is 10.6. The van der Waals surface area contributed by atoms with Gasteiger partial charge in [-0.05, 0) is 5.92 Å². The van der Waals surface area contributed by atoms with Gasteiger partial charge in [0.1, 0.15) is 0 Å². The van der Waals surface area contributed by atoms with Crippen molar-refractivity contribution in [3.63, 3.8) is 0 Å². The van der Waals surface area contributed by atoms with Crippen LogP contribution in [-0.2, 0) is 4.79 Å². The van der Waals surface area contributed by atoms with Crippen LogP contribution in [-0.4, -0.2) is 36.0 Å². The molecule has 1 atom stereocenters. The Morgan fingerprint density at radius 2 is 2.47 bits per heavy atom. The number of nitrogens with zero attached hydrogens (tertiary/aromatic N) is 1. The van der Waals surface area contributed by atoms with E-state index in [-0.39, 0.29) is 5.91 Å². The molecule has 2 N–H and O–H groups in total. The maximum absolute atomic E-state index is 10.6. The molecule has 15 heavy (non-hydrogen) atoms. The number of thioether (sulfide) groups is 1. The normalized spacial score (nSPS) is 23.2. The predicted octanol–water partition coefficient (Wildman–Crippen LogP) is 0.839. The van der Waals surface area contributed by atoms with Gasteiger partial charge in [-0.3, -0.25) is 9.79 Å². The summed E-state index contributed by atoms with van der Waals surface area (Å²) < 4.78 is 0. The van der Waals surface area contributed by atoms with Gasteiger partial charge in [-0.2, -0.15) is 0 Å². The minimum atomic E-state index is 0.00212. The highest BCUT2D eigenvalue weighted by Crippen LogP contribution is 2.18. The number of hydrogen-bond donors (Lipinski definition) is 2. The van der Waals surface area contributed by atoms with Gasteiger partial charge in [-0.15, -0.1) is 0 Å². The first-order valence-electron chi connectivity index (χ1n) is 5.28. The molecule has 5 heteroatoms. The fraction of sp³-hybridized carbons (Fsp3) is 0.800. The maximum Gasteiger partial charge on any atom is 0.216 e. The molecule has 1 rings (SSSR count). The molecule has 0 radical (unpaired) electrons. The fourth-order valence-corrected chi connectivity index (χ4v) is 2.47. The lowest BCUT2D eigenvalue weighted by Gasteiger charge is -2.13. The molecule has 0 spiro atoms. The summed E-state index contributed by atoms with van der Waals surface area (Å²) >= 11 is 1.76. The summed E-state index contributed by atoms with van der Waals surface area (Å²) in [5.74, 6) is 1.74. The molecule has 0 aromatic rings. The Hall–Kier alpha value is -0.710. The molecule has 1 heterocycles. The number of amidine groups is 1. The van der Waals surface area contributed by atoms with Crippen molar-refractivity contribution in [3.05, 3.63) is 0 Å². The largest absolute Gasteiger partial charge is 0.361 e. The summed E-state index contributed by atoms with van der Waals surface area (Å²) in [7, 11) is 0. The second kappa shape index (κ2) is 6.00. The number of hydrogen-bond acceptors (Lipinski definition) is 3. The van der Waals surface area contributed by atoms with Crippen LogP contribution in [0, 0.1) is 5.92 Å². The zero-order chi connectivity index (χ0) is 11.3. The van der Waals surface area contributed by atoms with Crippen molar-refractivity contribution in [3.8, 4) is 0 Å². The SMILES string of the molecule is CC(=O)NCCN=C1NC(C(C)C)CS1. The molecule has 0 saturated carbocycles. The molecule has 1 aliphatic heterocycles. The Labute approximate surface area is 95.3 Å². The van der Waals surface area contributed by atoms with Crippen LogP contribution in [0.2, 0.25) is 0 Å². The zero-order valence-electron chi connectivity index (χ0n) is 9.54. The quantitative estimate of drug-likeness (QED) is 0.702. The van der Waals surface area contributed by atoms with Crippen LogP contribution in [0.25, 0.3) is 0 Å². The number of aliphatic imine (C=N–C) groups is 1. The van der Waals surface area contributed by atoms with Crippen molar-refractivity contribution in [2.75, 3.05) is 18.8 Å². The Bertz CT molecular complexity index is 253. The first kappa shape index (κ1) is 12.4. The average molecular weight is 229 g/mol. The standard InChI is InChI=1S/C10H19N3OS/c1-7(2)9-6-15-10(13-9)12-5-4-11-8(3)14/h7,9H,4-6H2,1-3H3,(H,11,14)(H,12,13). The third kappa shape index (κ3) is 4.55. The number of amides is 1. The summed E-state index contributed by atoms with van der Waals surface area (Å²) in [4.78, 5) is 15.0. The van der Waals surface area contributed by atoms with Gasteiger partial charge >= 0.3 is 0 Å². The van der Waals surface area contributed by atoms with Gasteiger partial charge in [0.15, 0.2) is 5.17 Å². The van der Waals surface area contributed by atoms with E-state index in [0.717, 1.165) is 10.9 Å². The zero-order valence-corrected chi connectivity index (χ0v) is 10.4. The van der Waals surface area contributed by atoms with E-state index in [1.54, 1.807) is 11.8 Å². The first-order valence-corrected chi connectivity index (χ1v) is 6.26. The second-order valence-electron chi connectivity index (χ2n) is 3.98. The molecule has 1 unspecified atom stereocenters. The first-order chi connectivity index (χ1) is 7.09. The average Bonchev–Trinajstić information content (AvgIpc) is 2.60. The molecule has 1 saturated heterocycles. The molecule has 1 amide bonds. The van der Waals surface area contributed by atoms with Gasteiger partial charge in [0, 0.05) is 25.3 Å².